The smallest absolute Gasteiger partial charge is 0.358 e. The molecule has 2 aromatic carbocycles. The number of halogens is 1. The number of carboxylic acid groups (broad SMARTS) is 1. The maximum Gasteiger partial charge on any atom is 0.358 e. The number of anilines is 2. The fourth-order valence-electron chi connectivity index (χ4n) is 2.36. The first-order valence-electron chi connectivity index (χ1n) is 7.84. The molecule has 3 rings (SSSR count). The lowest BCUT2D eigenvalue weighted by atomic mass is 10.2. The number of nitrogens with zero attached hydrogens (tertiary/aromatic N) is 1. The fourth-order valence-corrected chi connectivity index (χ4v) is 2.36. The summed E-state index contributed by atoms with van der Waals surface area (Å²) in [5.41, 5.74) is -0.947. The van der Waals surface area contributed by atoms with Gasteiger partial charge in [-0.15, -0.1) is 0 Å². The second-order valence-electron chi connectivity index (χ2n) is 5.59. The van der Waals surface area contributed by atoms with E-state index in [1.807, 2.05) is 0 Å². The van der Waals surface area contributed by atoms with E-state index >= 15 is 0 Å². The number of benzene rings is 2. The average molecular weight is 384 g/mol. The topological polar surface area (TPSA) is 144 Å². The second-order valence-corrected chi connectivity index (χ2v) is 5.59. The van der Waals surface area contributed by atoms with Gasteiger partial charge in [-0.25, -0.2) is 19.0 Å². The predicted molar refractivity (Wildman–Crippen MR) is 98.0 cm³/mol. The number of hydrogen-bond acceptors (Lipinski definition) is 5. The molecule has 1 aromatic heterocycles. The van der Waals surface area contributed by atoms with Crippen LogP contribution in [-0.2, 0) is 0 Å². The van der Waals surface area contributed by atoms with Crippen molar-refractivity contribution >= 4 is 23.4 Å². The molecule has 0 bridgehead atoms. The Balaban J connectivity index is 1.84. The third kappa shape index (κ3) is 4.12. The van der Waals surface area contributed by atoms with Crippen molar-refractivity contribution in [3.05, 3.63) is 70.4 Å². The van der Waals surface area contributed by atoms with E-state index in [0.717, 1.165) is 6.07 Å². The highest BCUT2D eigenvalue weighted by Gasteiger charge is 2.17. The van der Waals surface area contributed by atoms with Crippen molar-refractivity contribution in [2.45, 2.75) is 0 Å². The Morgan fingerprint density at radius 3 is 2.32 bits per heavy atom. The van der Waals surface area contributed by atoms with Crippen LogP contribution < -0.4 is 16.2 Å². The monoisotopic (exact) mass is 384 g/mol. The number of rotatable bonds is 4. The van der Waals surface area contributed by atoms with Gasteiger partial charge in [-0.1, -0.05) is 18.2 Å². The Bertz CT molecular complexity index is 1130. The van der Waals surface area contributed by atoms with Gasteiger partial charge in [-0.05, 0) is 30.3 Å². The lowest BCUT2D eigenvalue weighted by Crippen LogP contribution is -2.19. The molecule has 3 aromatic rings. The lowest BCUT2D eigenvalue weighted by Gasteiger charge is -2.09. The van der Waals surface area contributed by atoms with Crippen LogP contribution in [0.25, 0.3) is 11.4 Å². The van der Waals surface area contributed by atoms with E-state index < -0.39 is 34.8 Å². The van der Waals surface area contributed by atoms with Gasteiger partial charge in [0.15, 0.2) is 5.69 Å². The zero-order valence-corrected chi connectivity index (χ0v) is 14.1. The molecule has 2 amide bonds. The molecule has 0 unspecified atom stereocenters. The van der Waals surface area contributed by atoms with Gasteiger partial charge >= 0.3 is 12.0 Å². The highest BCUT2D eigenvalue weighted by Crippen LogP contribution is 2.21. The van der Waals surface area contributed by atoms with E-state index in [0.29, 0.717) is 11.3 Å². The van der Waals surface area contributed by atoms with Crippen LogP contribution in [0, 0.1) is 5.82 Å². The van der Waals surface area contributed by atoms with E-state index in [-0.39, 0.29) is 11.5 Å². The standard InChI is InChI=1S/C18H13FN4O5/c19-10-4-2-6-12(8-10)21-18(28)20-11-5-1-3-9(7-11)15-22-13(17(26)27)14(24)16(25)23-15/h1-8,24H,(H,26,27)(H2,20,21,28)(H,22,23,25). The molecule has 0 aliphatic rings. The molecule has 0 saturated heterocycles. The maximum atomic E-state index is 13.2. The Kier molecular flexibility index (Phi) is 5.03. The molecule has 0 atom stereocenters. The number of H-pyrrole nitrogens is 1. The van der Waals surface area contributed by atoms with Crippen LogP contribution >= 0.6 is 0 Å². The number of hydrogen-bond donors (Lipinski definition) is 5. The molecule has 142 valence electrons. The van der Waals surface area contributed by atoms with Crippen molar-refractivity contribution in [3.8, 4) is 17.1 Å². The summed E-state index contributed by atoms with van der Waals surface area (Å²) in [6, 6.07) is 10.8. The van der Waals surface area contributed by atoms with Crippen LogP contribution in [0.3, 0.4) is 0 Å². The molecule has 0 fully saturated rings. The fraction of sp³-hybridized carbons (Fsp3) is 0. The highest BCUT2D eigenvalue weighted by molar-refractivity contribution is 6.00. The van der Waals surface area contributed by atoms with Crippen LogP contribution in [0.2, 0.25) is 0 Å². The van der Waals surface area contributed by atoms with E-state index in [4.69, 9.17) is 5.11 Å². The number of urea groups is 1. The van der Waals surface area contributed by atoms with Gasteiger partial charge in [0.2, 0.25) is 5.75 Å². The molecule has 9 nitrogen and oxygen atoms in total. The first-order chi connectivity index (χ1) is 13.3. The van der Waals surface area contributed by atoms with Crippen molar-refractivity contribution < 1.29 is 24.2 Å². The Morgan fingerprint density at radius 1 is 1.04 bits per heavy atom. The first kappa shape index (κ1) is 18.6. The second kappa shape index (κ2) is 7.58. The number of amides is 2. The molecule has 0 saturated carbocycles. The number of carbonyl (C=O) groups excluding carboxylic acids is 1. The molecule has 0 aliphatic carbocycles. The third-order valence-electron chi connectivity index (χ3n) is 3.57. The minimum Gasteiger partial charge on any atom is -0.501 e. The van der Waals surface area contributed by atoms with Crippen LogP contribution in [0.4, 0.5) is 20.6 Å². The van der Waals surface area contributed by atoms with Crippen molar-refractivity contribution in [2.24, 2.45) is 0 Å². The Morgan fingerprint density at radius 2 is 1.68 bits per heavy atom. The van der Waals surface area contributed by atoms with Gasteiger partial charge in [0.25, 0.3) is 5.56 Å². The van der Waals surface area contributed by atoms with E-state index in [9.17, 15) is 23.9 Å². The van der Waals surface area contributed by atoms with Gasteiger partial charge in [-0.2, -0.15) is 0 Å². The summed E-state index contributed by atoms with van der Waals surface area (Å²) in [5.74, 6) is -3.17. The molecule has 5 N–H and O–H groups in total. The SMILES string of the molecule is O=C(Nc1cccc(F)c1)Nc1cccc(-c2nc(C(=O)O)c(O)c(=O)[nH]2)c1. The largest absolute Gasteiger partial charge is 0.501 e. The summed E-state index contributed by atoms with van der Waals surface area (Å²) in [7, 11) is 0. The Labute approximate surface area is 156 Å². The summed E-state index contributed by atoms with van der Waals surface area (Å²) in [5, 5.41) is 23.5. The minimum absolute atomic E-state index is 0.102. The summed E-state index contributed by atoms with van der Waals surface area (Å²) in [6.45, 7) is 0. The van der Waals surface area contributed by atoms with Crippen molar-refractivity contribution in [3.63, 3.8) is 0 Å². The summed E-state index contributed by atoms with van der Waals surface area (Å²) in [4.78, 5) is 40.9. The predicted octanol–water partition coefficient (Wildman–Crippen LogP) is 2.62. The van der Waals surface area contributed by atoms with Gasteiger partial charge < -0.3 is 25.8 Å². The molecule has 0 radical (unpaired) electrons. The molecular formula is C18H13FN4O5. The number of nitrogens with one attached hydrogen (secondary N) is 3. The van der Waals surface area contributed by atoms with Crippen LogP contribution in [-0.4, -0.2) is 32.2 Å². The lowest BCUT2D eigenvalue weighted by molar-refractivity contribution is 0.0686. The van der Waals surface area contributed by atoms with Gasteiger partial charge in [0.1, 0.15) is 11.6 Å². The number of carboxylic acids is 1. The van der Waals surface area contributed by atoms with Crippen LogP contribution in [0.15, 0.2) is 53.3 Å². The Hall–Kier alpha value is -4.21. The molecule has 10 heteroatoms. The van der Waals surface area contributed by atoms with Crippen molar-refractivity contribution in [2.75, 3.05) is 10.6 Å². The third-order valence-corrected chi connectivity index (χ3v) is 3.57. The van der Waals surface area contributed by atoms with Crippen molar-refractivity contribution in [1.29, 1.82) is 0 Å². The number of aromatic nitrogens is 2. The first-order valence-corrected chi connectivity index (χ1v) is 7.84. The quantitative estimate of drug-likeness (QED) is 0.468. The molecule has 1 heterocycles. The van der Waals surface area contributed by atoms with Gasteiger partial charge in [0.05, 0.1) is 0 Å². The van der Waals surface area contributed by atoms with Crippen LogP contribution in [0.5, 0.6) is 5.75 Å². The molecule has 0 spiro atoms. The number of aromatic carboxylic acids is 1. The maximum absolute atomic E-state index is 13.2. The van der Waals surface area contributed by atoms with E-state index in [2.05, 4.69) is 20.6 Å². The highest BCUT2D eigenvalue weighted by atomic mass is 19.1. The summed E-state index contributed by atoms with van der Waals surface area (Å²) in [6.07, 6.45) is 0. The average Bonchev–Trinajstić information content (AvgIpc) is 2.63. The number of aromatic hydroxyl groups is 1. The molecular weight excluding hydrogens is 371 g/mol. The van der Waals surface area contributed by atoms with Crippen LogP contribution in [0.1, 0.15) is 10.5 Å². The normalized spacial score (nSPS) is 10.3. The molecule has 0 aliphatic heterocycles. The van der Waals surface area contributed by atoms with Crippen molar-refractivity contribution in [1.82, 2.24) is 9.97 Å². The number of aromatic amines is 1. The number of carbonyl (C=O) groups is 2. The zero-order valence-electron chi connectivity index (χ0n) is 14.1. The van der Waals surface area contributed by atoms with E-state index in [1.165, 1.54) is 30.3 Å². The van der Waals surface area contributed by atoms with Gasteiger partial charge in [0, 0.05) is 16.9 Å². The summed E-state index contributed by atoms with van der Waals surface area (Å²) >= 11 is 0. The molecule has 28 heavy (non-hydrogen) atoms. The zero-order chi connectivity index (χ0) is 20.3. The minimum atomic E-state index is -1.56. The van der Waals surface area contributed by atoms with Gasteiger partial charge in [-0.3, -0.25) is 4.79 Å². The summed E-state index contributed by atoms with van der Waals surface area (Å²) < 4.78 is 13.2. The van der Waals surface area contributed by atoms with E-state index in [1.54, 1.807) is 12.1 Å².